The number of benzene rings is 1. The van der Waals surface area contributed by atoms with Crippen LogP contribution in [0.3, 0.4) is 0 Å². The van der Waals surface area contributed by atoms with Crippen molar-refractivity contribution in [2.45, 2.75) is 72.3 Å². The first-order chi connectivity index (χ1) is 12.2. The van der Waals surface area contributed by atoms with Crippen LogP contribution in [-0.4, -0.2) is 28.2 Å². The standard InChI is InChI=1S/C22H31NO3/c1-14-11-15(2)18(16(3)12-14)19-20(24)22(4,5)23(21(19)25)26-13-17-9-7-6-8-10-17/h11-12,17,24H,6-10,13H2,1-5H3. The first-order valence-corrected chi connectivity index (χ1v) is 9.73. The predicted molar refractivity (Wildman–Crippen MR) is 104 cm³/mol. The molecule has 1 N–H and O–H groups in total. The van der Waals surface area contributed by atoms with E-state index in [0.29, 0.717) is 18.1 Å². The van der Waals surface area contributed by atoms with Crippen LogP contribution in [0.1, 0.15) is 68.2 Å². The van der Waals surface area contributed by atoms with Gasteiger partial charge in [-0.1, -0.05) is 37.0 Å². The van der Waals surface area contributed by atoms with Gasteiger partial charge in [-0.3, -0.25) is 9.63 Å². The molecule has 1 aliphatic carbocycles. The third-order valence-electron chi connectivity index (χ3n) is 5.81. The minimum Gasteiger partial charge on any atom is -0.509 e. The van der Waals surface area contributed by atoms with Crippen LogP contribution in [0.5, 0.6) is 0 Å². The van der Waals surface area contributed by atoms with Crippen LogP contribution in [0.2, 0.25) is 0 Å². The van der Waals surface area contributed by atoms with Gasteiger partial charge in [0.15, 0.2) is 0 Å². The van der Waals surface area contributed by atoms with Crippen molar-refractivity contribution >= 4 is 11.5 Å². The van der Waals surface area contributed by atoms with Crippen molar-refractivity contribution in [2.24, 2.45) is 5.92 Å². The Morgan fingerprint density at radius 1 is 1.12 bits per heavy atom. The van der Waals surface area contributed by atoms with Crippen molar-refractivity contribution in [1.82, 2.24) is 5.06 Å². The molecule has 1 aromatic rings. The summed E-state index contributed by atoms with van der Waals surface area (Å²) in [7, 11) is 0. The highest BCUT2D eigenvalue weighted by molar-refractivity contribution is 6.23. The highest BCUT2D eigenvalue weighted by Crippen LogP contribution is 2.41. The molecule has 0 radical (unpaired) electrons. The molecule has 2 aliphatic rings. The van der Waals surface area contributed by atoms with Crippen molar-refractivity contribution in [1.29, 1.82) is 0 Å². The molecule has 1 aromatic carbocycles. The normalized spacial score (nSPS) is 21.0. The molecule has 0 saturated heterocycles. The summed E-state index contributed by atoms with van der Waals surface area (Å²) < 4.78 is 0. The Morgan fingerprint density at radius 2 is 1.69 bits per heavy atom. The van der Waals surface area contributed by atoms with E-state index in [0.717, 1.165) is 35.1 Å². The van der Waals surface area contributed by atoms with E-state index in [1.165, 1.54) is 24.3 Å². The summed E-state index contributed by atoms with van der Waals surface area (Å²) in [6.45, 7) is 10.2. The van der Waals surface area contributed by atoms with E-state index in [-0.39, 0.29) is 11.7 Å². The summed E-state index contributed by atoms with van der Waals surface area (Å²) in [6, 6.07) is 4.10. The highest BCUT2D eigenvalue weighted by atomic mass is 16.7. The fraction of sp³-hybridized carbons (Fsp3) is 0.591. The van der Waals surface area contributed by atoms with Crippen molar-refractivity contribution in [3.05, 3.63) is 40.1 Å². The Kier molecular flexibility index (Phi) is 5.16. The Balaban J connectivity index is 1.88. The zero-order chi connectivity index (χ0) is 19.1. The Morgan fingerprint density at radius 3 is 2.27 bits per heavy atom. The number of rotatable bonds is 4. The van der Waals surface area contributed by atoms with Gasteiger partial charge in [0, 0.05) is 0 Å². The topological polar surface area (TPSA) is 49.8 Å². The molecule has 0 spiro atoms. The van der Waals surface area contributed by atoms with Crippen LogP contribution < -0.4 is 0 Å². The summed E-state index contributed by atoms with van der Waals surface area (Å²) >= 11 is 0. The lowest BCUT2D eigenvalue weighted by Crippen LogP contribution is -2.44. The third kappa shape index (κ3) is 3.27. The van der Waals surface area contributed by atoms with Crippen molar-refractivity contribution < 1.29 is 14.7 Å². The van der Waals surface area contributed by atoms with E-state index in [2.05, 4.69) is 12.1 Å². The monoisotopic (exact) mass is 357 g/mol. The zero-order valence-electron chi connectivity index (χ0n) is 16.7. The van der Waals surface area contributed by atoms with E-state index in [9.17, 15) is 9.90 Å². The number of aliphatic hydroxyl groups is 1. The molecule has 1 amide bonds. The number of nitrogens with zero attached hydrogens (tertiary/aromatic N) is 1. The van der Waals surface area contributed by atoms with Gasteiger partial charge < -0.3 is 5.11 Å². The first kappa shape index (κ1) is 19.0. The van der Waals surface area contributed by atoms with Gasteiger partial charge in [-0.2, -0.15) is 0 Å². The molecule has 4 nitrogen and oxygen atoms in total. The van der Waals surface area contributed by atoms with Crippen LogP contribution in [-0.2, 0) is 9.63 Å². The summed E-state index contributed by atoms with van der Waals surface area (Å²) in [6.07, 6.45) is 6.09. The lowest BCUT2D eigenvalue weighted by atomic mass is 9.90. The molecule has 26 heavy (non-hydrogen) atoms. The fourth-order valence-electron chi connectivity index (χ4n) is 4.41. The van der Waals surface area contributed by atoms with Gasteiger partial charge in [0.2, 0.25) is 0 Å². The molecule has 4 heteroatoms. The molecule has 1 heterocycles. The number of aliphatic hydroxyl groups excluding tert-OH is 1. The lowest BCUT2D eigenvalue weighted by molar-refractivity contribution is -0.209. The second-order valence-electron chi connectivity index (χ2n) is 8.46. The van der Waals surface area contributed by atoms with Crippen LogP contribution in [0.15, 0.2) is 17.9 Å². The van der Waals surface area contributed by atoms with Gasteiger partial charge in [0.05, 0.1) is 12.2 Å². The van der Waals surface area contributed by atoms with Gasteiger partial charge in [0.1, 0.15) is 11.3 Å². The SMILES string of the molecule is Cc1cc(C)c(C2=C(O)C(C)(C)N(OCC3CCCCC3)C2=O)c(C)c1. The molecule has 0 bridgehead atoms. The molecule has 3 rings (SSSR count). The van der Waals surface area contributed by atoms with Crippen molar-refractivity contribution in [3.63, 3.8) is 0 Å². The Labute approximate surface area is 156 Å². The van der Waals surface area contributed by atoms with Crippen molar-refractivity contribution in [2.75, 3.05) is 6.61 Å². The smallest absolute Gasteiger partial charge is 0.282 e. The van der Waals surface area contributed by atoms with Gasteiger partial charge in [0.25, 0.3) is 5.91 Å². The zero-order valence-corrected chi connectivity index (χ0v) is 16.7. The molecule has 142 valence electrons. The number of hydrogen-bond acceptors (Lipinski definition) is 3. The summed E-state index contributed by atoms with van der Waals surface area (Å²) in [5.74, 6) is 0.362. The van der Waals surface area contributed by atoms with E-state index >= 15 is 0 Å². The van der Waals surface area contributed by atoms with E-state index in [4.69, 9.17) is 4.84 Å². The van der Waals surface area contributed by atoms with E-state index in [1.54, 1.807) is 0 Å². The minimum absolute atomic E-state index is 0.0983. The number of amides is 1. The lowest BCUT2D eigenvalue weighted by Gasteiger charge is -2.32. The fourth-order valence-corrected chi connectivity index (χ4v) is 4.41. The van der Waals surface area contributed by atoms with E-state index in [1.807, 2.05) is 34.6 Å². The second kappa shape index (κ2) is 7.07. The maximum absolute atomic E-state index is 13.2. The van der Waals surface area contributed by atoms with E-state index < -0.39 is 5.54 Å². The number of carbonyl (C=O) groups excluding carboxylic acids is 1. The average Bonchev–Trinajstić information content (AvgIpc) is 2.73. The Hall–Kier alpha value is -1.81. The van der Waals surface area contributed by atoms with Gasteiger partial charge in [-0.05, 0) is 70.1 Å². The van der Waals surface area contributed by atoms with Gasteiger partial charge >= 0.3 is 0 Å². The average molecular weight is 357 g/mol. The molecule has 0 aromatic heterocycles. The van der Waals surface area contributed by atoms with Gasteiger partial charge in [-0.25, -0.2) is 5.06 Å². The summed E-state index contributed by atoms with van der Waals surface area (Å²) in [5.41, 5.74) is 3.51. The highest BCUT2D eigenvalue weighted by Gasteiger charge is 2.48. The van der Waals surface area contributed by atoms with Crippen LogP contribution in [0.4, 0.5) is 0 Å². The molecule has 1 saturated carbocycles. The Bertz CT molecular complexity index is 719. The maximum atomic E-state index is 13.2. The number of aryl methyl sites for hydroxylation is 3. The van der Waals surface area contributed by atoms with Crippen LogP contribution in [0.25, 0.3) is 5.57 Å². The molecular formula is C22H31NO3. The quantitative estimate of drug-likeness (QED) is 0.824. The summed E-state index contributed by atoms with van der Waals surface area (Å²) in [4.78, 5) is 19.2. The molecule has 1 fully saturated rings. The number of carbonyl (C=O) groups is 1. The third-order valence-corrected chi connectivity index (χ3v) is 5.81. The number of hydroxylamine groups is 2. The minimum atomic E-state index is -0.856. The largest absolute Gasteiger partial charge is 0.509 e. The van der Waals surface area contributed by atoms with Crippen LogP contribution in [0, 0.1) is 26.7 Å². The first-order valence-electron chi connectivity index (χ1n) is 9.73. The second-order valence-corrected chi connectivity index (χ2v) is 8.46. The molecular weight excluding hydrogens is 326 g/mol. The molecule has 0 unspecified atom stereocenters. The predicted octanol–water partition coefficient (Wildman–Crippen LogP) is 5.01. The number of hydrogen-bond donors (Lipinski definition) is 1. The van der Waals surface area contributed by atoms with Gasteiger partial charge in [-0.15, -0.1) is 0 Å². The molecule has 0 atom stereocenters. The summed E-state index contributed by atoms with van der Waals surface area (Å²) in [5, 5.41) is 12.3. The van der Waals surface area contributed by atoms with Crippen LogP contribution >= 0.6 is 0 Å². The van der Waals surface area contributed by atoms with Crippen molar-refractivity contribution in [3.8, 4) is 0 Å². The maximum Gasteiger partial charge on any atom is 0.282 e. The molecule has 1 aliphatic heterocycles.